The number of anilines is 1. The Labute approximate surface area is 118 Å². The SMILES string of the molecule is CC1(C)CCC(Nc2c(C#N)nnc3ccccc23)C1. The summed E-state index contributed by atoms with van der Waals surface area (Å²) in [6, 6.07) is 10.4. The van der Waals surface area contributed by atoms with Crippen molar-refractivity contribution < 1.29 is 0 Å². The highest BCUT2D eigenvalue weighted by Crippen LogP contribution is 2.39. The quantitative estimate of drug-likeness (QED) is 0.903. The van der Waals surface area contributed by atoms with Gasteiger partial charge in [0.1, 0.15) is 6.07 Å². The van der Waals surface area contributed by atoms with Crippen LogP contribution in [0.3, 0.4) is 0 Å². The van der Waals surface area contributed by atoms with E-state index < -0.39 is 0 Å². The molecule has 0 bridgehead atoms. The lowest BCUT2D eigenvalue weighted by molar-refractivity contribution is 0.378. The molecule has 4 nitrogen and oxygen atoms in total. The molecule has 20 heavy (non-hydrogen) atoms. The van der Waals surface area contributed by atoms with E-state index in [2.05, 4.69) is 35.4 Å². The number of rotatable bonds is 2. The summed E-state index contributed by atoms with van der Waals surface area (Å²) >= 11 is 0. The molecule has 0 radical (unpaired) electrons. The van der Waals surface area contributed by atoms with Crippen LogP contribution in [0, 0.1) is 16.7 Å². The minimum Gasteiger partial charge on any atom is -0.379 e. The summed E-state index contributed by atoms with van der Waals surface area (Å²) in [4.78, 5) is 0. The number of aromatic nitrogens is 2. The second-order valence-corrected chi connectivity index (χ2v) is 6.30. The van der Waals surface area contributed by atoms with Crippen LogP contribution in [-0.4, -0.2) is 16.2 Å². The van der Waals surface area contributed by atoms with Crippen LogP contribution in [0.5, 0.6) is 0 Å². The van der Waals surface area contributed by atoms with Crippen LogP contribution in [0.1, 0.15) is 38.8 Å². The molecule has 0 aliphatic heterocycles. The first-order valence-electron chi connectivity index (χ1n) is 7.01. The van der Waals surface area contributed by atoms with Crippen LogP contribution in [-0.2, 0) is 0 Å². The van der Waals surface area contributed by atoms with Gasteiger partial charge in [0, 0.05) is 11.4 Å². The summed E-state index contributed by atoms with van der Waals surface area (Å²) in [6.45, 7) is 4.59. The normalized spacial score (nSPS) is 20.8. The highest BCUT2D eigenvalue weighted by molar-refractivity contribution is 5.92. The number of nitriles is 1. The summed E-state index contributed by atoms with van der Waals surface area (Å²) < 4.78 is 0. The predicted molar refractivity (Wildman–Crippen MR) is 79.3 cm³/mol. The minimum absolute atomic E-state index is 0.376. The van der Waals surface area contributed by atoms with Gasteiger partial charge in [-0.25, -0.2) is 0 Å². The maximum Gasteiger partial charge on any atom is 0.186 e. The average Bonchev–Trinajstić information content (AvgIpc) is 2.78. The largest absolute Gasteiger partial charge is 0.379 e. The molecular formula is C16H18N4. The zero-order valence-electron chi connectivity index (χ0n) is 11.8. The van der Waals surface area contributed by atoms with E-state index >= 15 is 0 Å². The first-order valence-corrected chi connectivity index (χ1v) is 7.01. The lowest BCUT2D eigenvalue weighted by Gasteiger charge is -2.19. The Balaban J connectivity index is 2.00. The summed E-state index contributed by atoms with van der Waals surface area (Å²) in [5.74, 6) is 0. The van der Waals surface area contributed by atoms with Crippen LogP contribution in [0.4, 0.5) is 5.69 Å². The molecule has 1 atom stereocenters. The molecule has 0 saturated heterocycles. The number of nitrogens with one attached hydrogen (secondary N) is 1. The van der Waals surface area contributed by atoms with Crippen molar-refractivity contribution in [3.8, 4) is 6.07 Å². The van der Waals surface area contributed by atoms with Gasteiger partial charge in [-0.15, -0.1) is 10.2 Å². The van der Waals surface area contributed by atoms with Crippen LogP contribution < -0.4 is 5.32 Å². The Bertz CT molecular complexity index is 684. The number of fused-ring (bicyclic) bond motifs is 1. The molecular weight excluding hydrogens is 248 g/mol. The lowest BCUT2D eigenvalue weighted by atomic mass is 9.92. The van der Waals surface area contributed by atoms with Gasteiger partial charge in [0.25, 0.3) is 0 Å². The van der Waals surface area contributed by atoms with Crippen molar-refractivity contribution in [1.82, 2.24) is 10.2 Å². The van der Waals surface area contributed by atoms with E-state index in [9.17, 15) is 5.26 Å². The van der Waals surface area contributed by atoms with E-state index in [-0.39, 0.29) is 0 Å². The van der Waals surface area contributed by atoms with Gasteiger partial charge in [0.05, 0.1) is 11.2 Å². The molecule has 1 aliphatic carbocycles. The maximum absolute atomic E-state index is 9.26. The number of benzene rings is 1. The Morgan fingerprint density at radius 3 is 2.80 bits per heavy atom. The summed E-state index contributed by atoms with van der Waals surface area (Å²) in [7, 11) is 0. The first kappa shape index (κ1) is 12.9. The van der Waals surface area contributed by atoms with Crippen molar-refractivity contribution >= 4 is 16.6 Å². The fraction of sp³-hybridized carbons (Fsp3) is 0.438. The molecule has 1 fully saturated rings. The zero-order chi connectivity index (χ0) is 14.2. The highest BCUT2D eigenvalue weighted by Gasteiger charge is 2.31. The third-order valence-corrected chi connectivity index (χ3v) is 4.09. The number of hydrogen-bond donors (Lipinski definition) is 1. The third-order valence-electron chi connectivity index (χ3n) is 4.09. The van der Waals surface area contributed by atoms with Gasteiger partial charge in [-0.05, 0) is 30.7 Å². The van der Waals surface area contributed by atoms with E-state index in [1.165, 1.54) is 6.42 Å². The van der Waals surface area contributed by atoms with E-state index in [0.717, 1.165) is 29.4 Å². The van der Waals surface area contributed by atoms with Crippen molar-refractivity contribution in [3.63, 3.8) is 0 Å². The molecule has 102 valence electrons. The Morgan fingerprint density at radius 2 is 2.10 bits per heavy atom. The summed E-state index contributed by atoms with van der Waals surface area (Å²) in [6.07, 6.45) is 3.46. The van der Waals surface area contributed by atoms with E-state index in [4.69, 9.17) is 0 Å². The number of hydrogen-bond acceptors (Lipinski definition) is 4. The molecule has 0 spiro atoms. The van der Waals surface area contributed by atoms with Crippen LogP contribution in [0.15, 0.2) is 24.3 Å². The third kappa shape index (κ3) is 2.32. The predicted octanol–water partition coefficient (Wildman–Crippen LogP) is 3.49. The molecule has 1 aromatic heterocycles. The maximum atomic E-state index is 9.26. The topological polar surface area (TPSA) is 61.6 Å². The van der Waals surface area contributed by atoms with Gasteiger partial charge < -0.3 is 5.32 Å². The Morgan fingerprint density at radius 1 is 1.30 bits per heavy atom. The van der Waals surface area contributed by atoms with Gasteiger partial charge in [-0.3, -0.25) is 0 Å². The summed E-state index contributed by atoms with van der Waals surface area (Å²) in [5.41, 5.74) is 2.42. The Kier molecular flexibility index (Phi) is 3.06. The molecule has 4 heteroatoms. The molecule has 1 aliphatic rings. The van der Waals surface area contributed by atoms with Gasteiger partial charge >= 0.3 is 0 Å². The van der Waals surface area contributed by atoms with Crippen molar-refractivity contribution in [3.05, 3.63) is 30.0 Å². The molecule has 1 N–H and O–H groups in total. The van der Waals surface area contributed by atoms with Gasteiger partial charge in [-0.2, -0.15) is 5.26 Å². The minimum atomic E-state index is 0.376. The molecule has 0 amide bonds. The van der Waals surface area contributed by atoms with Gasteiger partial charge in [0.2, 0.25) is 0 Å². The van der Waals surface area contributed by atoms with Crippen molar-refractivity contribution in [2.45, 2.75) is 39.2 Å². The number of nitrogens with zero attached hydrogens (tertiary/aromatic N) is 3. The summed E-state index contributed by atoms with van der Waals surface area (Å²) in [5, 5.41) is 21.9. The van der Waals surface area contributed by atoms with E-state index in [0.29, 0.717) is 17.2 Å². The fourth-order valence-electron chi connectivity index (χ4n) is 3.04. The lowest BCUT2D eigenvalue weighted by Crippen LogP contribution is -2.19. The molecule has 1 heterocycles. The van der Waals surface area contributed by atoms with Crippen LogP contribution >= 0.6 is 0 Å². The molecule has 2 aromatic rings. The second kappa shape index (κ2) is 4.75. The smallest absolute Gasteiger partial charge is 0.186 e. The van der Waals surface area contributed by atoms with Crippen LogP contribution in [0.25, 0.3) is 10.9 Å². The van der Waals surface area contributed by atoms with E-state index in [1.807, 2.05) is 24.3 Å². The van der Waals surface area contributed by atoms with Crippen molar-refractivity contribution in [2.75, 3.05) is 5.32 Å². The second-order valence-electron chi connectivity index (χ2n) is 6.30. The molecule has 1 saturated carbocycles. The fourth-order valence-corrected chi connectivity index (χ4v) is 3.04. The van der Waals surface area contributed by atoms with Crippen LogP contribution in [0.2, 0.25) is 0 Å². The van der Waals surface area contributed by atoms with E-state index in [1.54, 1.807) is 0 Å². The zero-order valence-corrected chi connectivity index (χ0v) is 11.8. The van der Waals surface area contributed by atoms with Gasteiger partial charge in [0.15, 0.2) is 5.69 Å². The monoisotopic (exact) mass is 266 g/mol. The molecule has 1 aromatic carbocycles. The van der Waals surface area contributed by atoms with Gasteiger partial charge in [-0.1, -0.05) is 32.0 Å². The van der Waals surface area contributed by atoms with Crippen molar-refractivity contribution in [1.29, 1.82) is 5.26 Å². The Hall–Kier alpha value is -2.15. The van der Waals surface area contributed by atoms with Crippen molar-refractivity contribution in [2.24, 2.45) is 5.41 Å². The standard InChI is InChI=1S/C16H18N4/c1-16(2)8-7-11(9-16)18-15-12-5-3-4-6-13(12)19-20-14(15)10-17/h3-6,11H,7-9H2,1-2H3,(H,18,19). The average molecular weight is 266 g/mol. The molecule has 3 rings (SSSR count). The highest BCUT2D eigenvalue weighted by atomic mass is 15.1. The molecule has 1 unspecified atom stereocenters. The first-order chi connectivity index (χ1) is 9.59.